The van der Waals surface area contributed by atoms with E-state index < -0.39 is 0 Å². The second-order valence-electron chi connectivity index (χ2n) is 5.87. The van der Waals surface area contributed by atoms with E-state index in [0.29, 0.717) is 18.2 Å². The van der Waals surface area contributed by atoms with Gasteiger partial charge in [-0.25, -0.2) is 4.98 Å². The molecule has 2 heterocycles. The van der Waals surface area contributed by atoms with Gasteiger partial charge in [0.1, 0.15) is 12.4 Å². The van der Waals surface area contributed by atoms with Crippen molar-refractivity contribution in [1.29, 1.82) is 0 Å². The minimum absolute atomic E-state index is 0.307. The number of benzene rings is 1. The molecule has 0 N–H and O–H groups in total. The molecule has 0 fully saturated rings. The van der Waals surface area contributed by atoms with E-state index >= 15 is 0 Å². The molecule has 2 aromatic heterocycles. The molecule has 1 aromatic carbocycles. The highest BCUT2D eigenvalue weighted by molar-refractivity contribution is 7.19. The first kappa shape index (κ1) is 18.2. The topological polar surface area (TPSA) is 57.6 Å². The highest BCUT2D eigenvalue weighted by atomic mass is 32.1. The Balaban J connectivity index is 1.85. The third-order valence-corrected chi connectivity index (χ3v) is 5.20. The predicted molar refractivity (Wildman–Crippen MR) is 102 cm³/mol. The number of nitrogens with zero attached hydrogens (tertiary/aromatic N) is 1. The Hall–Kier alpha value is -2.60. The maximum atomic E-state index is 11.4. The van der Waals surface area contributed by atoms with Gasteiger partial charge in [-0.15, -0.1) is 11.3 Å². The molecule has 0 spiro atoms. The summed E-state index contributed by atoms with van der Waals surface area (Å²) in [6.07, 6.45) is 0.810. The molecule has 0 bridgehead atoms. The van der Waals surface area contributed by atoms with Crippen molar-refractivity contribution in [3.63, 3.8) is 0 Å². The average Bonchev–Trinajstić information content (AvgIpc) is 2.96. The maximum Gasteiger partial charge on any atom is 0.308 e. The number of fused-ring (bicyclic) bond motifs is 1. The second-order valence-corrected chi connectivity index (χ2v) is 7.01. The smallest absolute Gasteiger partial charge is 0.308 e. The first-order valence-corrected chi connectivity index (χ1v) is 9.20. The van der Waals surface area contributed by atoms with Crippen LogP contribution in [0.2, 0.25) is 0 Å². The van der Waals surface area contributed by atoms with Gasteiger partial charge < -0.3 is 14.2 Å². The molecule has 0 saturated heterocycles. The number of thiophene rings is 1. The number of pyridine rings is 1. The zero-order chi connectivity index (χ0) is 18.7. The molecule has 5 nitrogen and oxygen atoms in total. The number of hydrogen-bond donors (Lipinski definition) is 0. The first-order chi connectivity index (χ1) is 12.5. The zero-order valence-corrected chi connectivity index (χ0v) is 16.1. The summed E-state index contributed by atoms with van der Waals surface area (Å²) in [5.74, 6) is 1.68. The number of esters is 1. The van der Waals surface area contributed by atoms with Gasteiger partial charge in [0.25, 0.3) is 0 Å². The number of carbonyl (C=O) groups excluding carboxylic acids is 1. The molecule has 0 aliphatic carbocycles. The van der Waals surface area contributed by atoms with Crippen molar-refractivity contribution in [2.45, 2.75) is 33.8 Å². The highest BCUT2D eigenvalue weighted by Gasteiger charge is 2.15. The van der Waals surface area contributed by atoms with Gasteiger partial charge in [-0.05, 0) is 43.7 Å². The number of aromatic nitrogens is 1. The van der Waals surface area contributed by atoms with Crippen LogP contribution in [-0.2, 0) is 17.8 Å². The van der Waals surface area contributed by atoms with Crippen molar-refractivity contribution in [2.75, 3.05) is 7.11 Å². The fourth-order valence-electron chi connectivity index (χ4n) is 2.69. The van der Waals surface area contributed by atoms with Crippen LogP contribution in [0.1, 0.15) is 30.0 Å². The molecule has 0 aliphatic heterocycles. The number of rotatable bonds is 6. The van der Waals surface area contributed by atoms with Crippen LogP contribution in [0.15, 0.2) is 30.3 Å². The Labute approximate surface area is 156 Å². The Morgan fingerprint density at radius 2 is 2.04 bits per heavy atom. The summed E-state index contributed by atoms with van der Waals surface area (Å²) in [4.78, 5) is 16.8. The van der Waals surface area contributed by atoms with Crippen LogP contribution < -0.4 is 14.2 Å². The van der Waals surface area contributed by atoms with Crippen molar-refractivity contribution in [2.24, 2.45) is 0 Å². The second kappa shape index (κ2) is 7.74. The molecular weight excluding hydrogens is 350 g/mol. The summed E-state index contributed by atoms with van der Waals surface area (Å²) < 4.78 is 17.7. The summed E-state index contributed by atoms with van der Waals surface area (Å²) in [7, 11) is 1.60. The molecule has 0 unspecified atom stereocenters. The Kier molecular flexibility index (Phi) is 5.42. The number of aryl methyl sites for hydroxylation is 2. The lowest BCUT2D eigenvalue weighted by Crippen LogP contribution is -2.02. The lowest BCUT2D eigenvalue weighted by Gasteiger charge is -2.10. The van der Waals surface area contributed by atoms with Crippen molar-refractivity contribution < 1.29 is 19.0 Å². The van der Waals surface area contributed by atoms with Crippen LogP contribution in [0.4, 0.5) is 0 Å². The fourth-order valence-corrected chi connectivity index (χ4v) is 3.79. The zero-order valence-electron chi connectivity index (χ0n) is 15.3. The summed E-state index contributed by atoms with van der Waals surface area (Å²) >= 11 is 1.62. The minimum Gasteiger partial charge on any atom is -0.489 e. The molecule has 6 heteroatoms. The van der Waals surface area contributed by atoms with E-state index in [9.17, 15) is 4.79 Å². The fraction of sp³-hybridized carbons (Fsp3) is 0.300. The molecule has 0 saturated carbocycles. The first-order valence-electron chi connectivity index (χ1n) is 8.39. The van der Waals surface area contributed by atoms with Gasteiger partial charge in [-0.2, -0.15) is 0 Å². The number of methoxy groups -OCH3 is 1. The van der Waals surface area contributed by atoms with E-state index in [4.69, 9.17) is 14.2 Å². The molecule has 0 radical (unpaired) electrons. The van der Waals surface area contributed by atoms with Crippen LogP contribution in [0.5, 0.6) is 17.4 Å². The van der Waals surface area contributed by atoms with Crippen LogP contribution in [-0.4, -0.2) is 18.1 Å². The van der Waals surface area contributed by atoms with Crippen molar-refractivity contribution in [1.82, 2.24) is 4.98 Å². The average molecular weight is 371 g/mol. The van der Waals surface area contributed by atoms with E-state index in [0.717, 1.165) is 38.4 Å². The van der Waals surface area contributed by atoms with E-state index in [2.05, 4.69) is 4.98 Å². The minimum atomic E-state index is -0.307. The summed E-state index contributed by atoms with van der Waals surface area (Å²) in [6, 6.07) is 9.68. The van der Waals surface area contributed by atoms with Crippen molar-refractivity contribution >= 4 is 27.4 Å². The van der Waals surface area contributed by atoms with Crippen molar-refractivity contribution in [3.8, 4) is 17.4 Å². The quantitative estimate of drug-likeness (QED) is 0.589. The van der Waals surface area contributed by atoms with Crippen LogP contribution in [0.25, 0.3) is 10.1 Å². The molecule has 0 amide bonds. The molecule has 3 rings (SSSR count). The van der Waals surface area contributed by atoms with Crippen LogP contribution >= 0.6 is 11.3 Å². The Morgan fingerprint density at radius 1 is 1.23 bits per heavy atom. The molecule has 3 aromatic rings. The molecule has 0 aliphatic rings. The lowest BCUT2D eigenvalue weighted by molar-refractivity contribution is -0.131. The lowest BCUT2D eigenvalue weighted by atomic mass is 10.2. The third-order valence-electron chi connectivity index (χ3n) is 3.92. The van der Waals surface area contributed by atoms with E-state index in [1.807, 2.05) is 44.2 Å². The number of carbonyl (C=O) groups is 1. The van der Waals surface area contributed by atoms with Crippen LogP contribution in [0.3, 0.4) is 0 Å². The monoisotopic (exact) mass is 371 g/mol. The third kappa shape index (κ3) is 3.80. The molecule has 26 heavy (non-hydrogen) atoms. The summed E-state index contributed by atoms with van der Waals surface area (Å²) in [6.45, 7) is 5.75. The van der Waals surface area contributed by atoms with Crippen LogP contribution in [0, 0.1) is 6.92 Å². The summed E-state index contributed by atoms with van der Waals surface area (Å²) in [5, 5.41) is 0.934. The van der Waals surface area contributed by atoms with E-state index in [1.165, 1.54) is 6.92 Å². The Bertz CT molecular complexity index is 948. The molecule has 0 atom stereocenters. The number of ether oxygens (including phenoxy) is 3. The normalized spacial score (nSPS) is 10.8. The van der Waals surface area contributed by atoms with Gasteiger partial charge in [-0.3, -0.25) is 4.79 Å². The van der Waals surface area contributed by atoms with Crippen molar-refractivity contribution in [3.05, 3.63) is 46.5 Å². The maximum absolute atomic E-state index is 11.4. The van der Waals surface area contributed by atoms with Gasteiger partial charge in [0, 0.05) is 27.6 Å². The van der Waals surface area contributed by atoms with Gasteiger partial charge >= 0.3 is 5.97 Å². The molecule has 136 valence electrons. The Morgan fingerprint density at radius 3 is 2.73 bits per heavy atom. The molecular formula is C20H21NO4S. The van der Waals surface area contributed by atoms with Gasteiger partial charge in [-0.1, -0.05) is 6.92 Å². The van der Waals surface area contributed by atoms with E-state index in [1.54, 1.807) is 18.4 Å². The highest BCUT2D eigenvalue weighted by Crippen LogP contribution is 2.40. The number of hydrogen-bond acceptors (Lipinski definition) is 6. The van der Waals surface area contributed by atoms with E-state index in [-0.39, 0.29) is 5.97 Å². The van der Waals surface area contributed by atoms with Gasteiger partial charge in [0.2, 0.25) is 5.88 Å². The summed E-state index contributed by atoms with van der Waals surface area (Å²) in [5.41, 5.74) is 1.79. The SMILES string of the molecule is CCc1sc2cc(OCc3ccc(C)nc3OC)ccc2c1OC(C)=O. The largest absolute Gasteiger partial charge is 0.489 e. The predicted octanol–water partition coefficient (Wildman–Crippen LogP) is 4.68. The standard InChI is InChI=1S/C20H21NO4S/c1-5-17-19(25-13(3)22)16-9-8-15(10-18(16)26-17)24-11-14-7-6-12(2)21-20(14)23-4/h6-10H,5,11H2,1-4H3. The van der Waals surface area contributed by atoms with Gasteiger partial charge in [0.15, 0.2) is 5.75 Å². The van der Waals surface area contributed by atoms with Gasteiger partial charge in [0.05, 0.1) is 12.7 Å².